The molecule has 0 spiro atoms. The maximum Gasteiger partial charge on any atom is 0.167 e. The van der Waals surface area contributed by atoms with Gasteiger partial charge in [0.25, 0.3) is 0 Å². The molecule has 0 aliphatic carbocycles. The first-order valence-corrected chi connectivity index (χ1v) is 7.61. The smallest absolute Gasteiger partial charge is 0.167 e. The van der Waals surface area contributed by atoms with E-state index in [1.54, 1.807) is 11.8 Å². The molecule has 0 amide bonds. The molecule has 3 nitrogen and oxygen atoms in total. The maximum atomic E-state index is 12.2. The fourth-order valence-electron chi connectivity index (χ4n) is 2.03. The Kier molecular flexibility index (Phi) is 4.50. The minimum absolute atomic E-state index is 0.103. The van der Waals surface area contributed by atoms with Crippen LogP contribution in [-0.4, -0.2) is 29.4 Å². The van der Waals surface area contributed by atoms with Gasteiger partial charge in [-0.15, -0.1) is 11.8 Å². The summed E-state index contributed by atoms with van der Waals surface area (Å²) in [5, 5.41) is 5.50. The number of ketones is 1. The molecule has 1 aliphatic heterocycles. The van der Waals surface area contributed by atoms with Gasteiger partial charge in [0.15, 0.2) is 5.78 Å². The lowest BCUT2D eigenvalue weighted by Gasteiger charge is -2.11. The molecule has 5 heteroatoms. The molecule has 1 fully saturated rings. The first-order valence-electron chi connectivity index (χ1n) is 5.54. The first-order chi connectivity index (χ1) is 8.24. The van der Waals surface area contributed by atoms with Crippen LogP contribution in [-0.2, 0) is 0 Å². The summed E-state index contributed by atoms with van der Waals surface area (Å²) < 4.78 is 2.04. The summed E-state index contributed by atoms with van der Waals surface area (Å²) in [6.45, 7) is 1.67. The van der Waals surface area contributed by atoms with Gasteiger partial charge < -0.3 is 0 Å². The molecule has 2 rings (SSSR count). The molecule has 0 bridgehead atoms. The molecular weight excluding hydrogens is 252 g/mol. The number of nitrogens with zero attached hydrogens (tertiary/aromatic N) is 1. The monoisotopic (exact) mass is 268 g/mol. The second kappa shape index (κ2) is 5.91. The Balaban J connectivity index is 2.04. The van der Waals surface area contributed by atoms with Gasteiger partial charge in [-0.1, -0.05) is 12.1 Å². The minimum atomic E-state index is 0.103. The minimum Gasteiger partial charge on any atom is -0.294 e. The van der Waals surface area contributed by atoms with Crippen molar-refractivity contribution in [1.82, 2.24) is 4.31 Å². The second-order valence-corrected chi connectivity index (χ2v) is 5.68. The van der Waals surface area contributed by atoms with Crippen LogP contribution >= 0.6 is 23.9 Å². The average Bonchev–Trinajstić information content (AvgIpc) is 2.87. The van der Waals surface area contributed by atoms with Gasteiger partial charge in [0.1, 0.15) is 0 Å². The Morgan fingerprint density at radius 3 is 2.65 bits per heavy atom. The van der Waals surface area contributed by atoms with Crippen LogP contribution in [0.25, 0.3) is 0 Å². The summed E-state index contributed by atoms with van der Waals surface area (Å²) in [6, 6.07) is 7.85. The highest BCUT2D eigenvalue weighted by molar-refractivity contribution is 7.98. The lowest BCUT2D eigenvalue weighted by Crippen LogP contribution is -2.19. The molecule has 1 saturated heterocycles. The predicted molar refractivity (Wildman–Crippen MR) is 74.0 cm³/mol. The van der Waals surface area contributed by atoms with Crippen molar-refractivity contribution in [3.05, 3.63) is 29.8 Å². The van der Waals surface area contributed by atoms with E-state index in [2.05, 4.69) is 0 Å². The van der Waals surface area contributed by atoms with Crippen molar-refractivity contribution in [3.8, 4) is 0 Å². The molecule has 17 heavy (non-hydrogen) atoms. The zero-order chi connectivity index (χ0) is 12.3. The summed E-state index contributed by atoms with van der Waals surface area (Å²) in [6.07, 6.45) is 2.94. The lowest BCUT2D eigenvalue weighted by molar-refractivity contribution is 0.0927. The van der Waals surface area contributed by atoms with Crippen molar-refractivity contribution in [1.29, 1.82) is 0 Å². The Labute approximate surface area is 110 Å². The summed E-state index contributed by atoms with van der Waals surface area (Å²) in [4.78, 5) is 13.4. The average molecular weight is 268 g/mol. The molecular formula is C12H16N2OS2. The highest BCUT2D eigenvalue weighted by atomic mass is 32.2. The molecule has 1 atom stereocenters. The van der Waals surface area contributed by atoms with Crippen LogP contribution in [0.15, 0.2) is 29.2 Å². The number of rotatable bonds is 4. The molecule has 0 radical (unpaired) electrons. The van der Waals surface area contributed by atoms with E-state index < -0.39 is 0 Å². The summed E-state index contributed by atoms with van der Waals surface area (Å²) in [5.74, 6) is 0.348. The molecule has 0 saturated carbocycles. The quantitative estimate of drug-likeness (QED) is 0.516. The van der Waals surface area contributed by atoms with Gasteiger partial charge in [-0.2, -0.15) is 0 Å². The number of benzene rings is 1. The number of hydrogen-bond donors (Lipinski definition) is 1. The molecule has 0 aromatic heterocycles. The Morgan fingerprint density at radius 2 is 2.12 bits per heavy atom. The van der Waals surface area contributed by atoms with Gasteiger partial charge in [0, 0.05) is 41.6 Å². The third-order valence-corrected chi connectivity index (χ3v) is 4.42. The van der Waals surface area contributed by atoms with Crippen LogP contribution in [0, 0.1) is 5.92 Å². The van der Waals surface area contributed by atoms with Gasteiger partial charge in [-0.05, 0) is 24.8 Å². The zero-order valence-electron chi connectivity index (χ0n) is 9.76. The van der Waals surface area contributed by atoms with E-state index in [4.69, 9.17) is 5.14 Å². The van der Waals surface area contributed by atoms with E-state index >= 15 is 0 Å². The van der Waals surface area contributed by atoms with Gasteiger partial charge in [0.05, 0.1) is 0 Å². The number of carbonyl (C=O) groups is 1. The van der Waals surface area contributed by atoms with Crippen LogP contribution in [0.1, 0.15) is 16.8 Å². The van der Waals surface area contributed by atoms with Crippen molar-refractivity contribution < 1.29 is 4.79 Å². The molecule has 1 unspecified atom stereocenters. The standard InChI is InChI=1S/C12H16N2OS2/c1-16-11-4-2-9(3-5-11)12(15)10-6-7-14(8-10)17-13/h2-5,10H,6-8,13H2,1H3. The van der Waals surface area contributed by atoms with Crippen molar-refractivity contribution in [2.75, 3.05) is 19.3 Å². The second-order valence-electron chi connectivity index (χ2n) is 4.07. The maximum absolute atomic E-state index is 12.2. The van der Waals surface area contributed by atoms with Crippen LogP contribution in [0.3, 0.4) is 0 Å². The topological polar surface area (TPSA) is 46.3 Å². The molecule has 92 valence electrons. The van der Waals surface area contributed by atoms with Crippen LogP contribution in [0.5, 0.6) is 0 Å². The Morgan fingerprint density at radius 1 is 1.41 bits per heavy atom. The van der Waals surface area contributed by atoms with Crippen molar-refractivity contribution in [2.24, 2.45) is 11.1 Å². The lowest BCUT2D eigenvalue weighted by atomic mass is 9.97. The van der Waals surface area contributed by atoms with Crippen LogP contribution in [0.2, 0.25) is 0 Å². The van der Waals surface area contributed by atoms with Crippen LogP contribution in [0.4, 0.5) is 0 Å². The summed E-state index contributed by atoms with van der Waals surface area (Å²) >= 11 is 2.92. The van der Waals surface area contributed by atoms with E-state index in [1.807, 2.05) is 34.8 Å². The Bertz CT molecular complexity index is 394. The summed E-state index contributed by atoms with van der Waals surface area (Å²) in [5.41, 5.74) is 0.816. The molecule has 1 aliphatic rings. The largest absolute Gasteiger partial charge is 0.294 e. The van der Waals surface area contributed by atoms with E-state index in [0.717, 1.165) is 25.1 Å². The van der Waals surface area contributed by atoms with E-state index in [-0.39, 0.29) is 11.7 Å². The SMILES string of the molecule is CSc1ccc(C(=O)C2CCN(SN)C2)cc1. The Hall–Kier alpha value is -0.490. The van der Waals surface area contributed by atoms with Crippen molar-refractivity contribution in [2.45, 2.75) is 11.3 Å². The van der Waals surface area contributed by atoms with Gasteiger partial charge >= 0.3 is 0 Å². The highest BCUT2D eigenvalue weighted by Gasteiger charge is 2.28. The fourth-order valence-corrected chi connectivity index (χ4v) is 2.91. The first kappa shape index (κ1) is 13.0. The molecule has 1 heterocycles. The molecule has 1 aromatic carbocycles. The fraction of sp³-hybridized carbons (Fsp3) is 0.417. The summed E-state index contributed by atoms with van der Waals surface area (Å²) in [7, 11) is 0. The molecule has 2 N–H and O–H groups in total. The van der Waals surface area contributed by atoms with Crippen molar-refractivity contribution >= 4 is 29.7 Å². The number of thioether (sulfide) groups is 1. The normalized spacial score (nSPS) is 20.7. The van der Waals surface area contributed by atoms with E-state index in [0.29, 0.717) is 0 Å². The number of hydrogen-bond acceptors (Lipinski definition) is 5. The van der Waals surface area contributed by atoms with Gasteiger partial charge in [0.2, 0.25) is 0 Å². The predicted octanol–water partition coefficient (Wildman–Crippen LogP) is 2.44. The number of nitrogens with two attached hydrogens (primary N) is 1. The number of carbonyl (C=O) groups excluding carboxylic acids is 1. The van der Waals surface area contributed by atoms with Gasteiger partial charge in [-0.25, -0.2) is 4.31 Å². The molecule has 1 aromatic rings. The third kappa shape index (κ3) is 3.04. The highest BCUT2D eigenvalue weighted by Crippen LogP contribution is 2.24. The third-order valence-electron chi connectivity index (χ3n) is 3.05. The van der Waals surface area contributed by atoms with E-state index in [1.165, 1.54) is 17.0 Å². The van der Waals surface area contributed by atoms with Crippen molar-refractivity contribution in [3.63, 3.8) is 0 Å². The van der Waals surface area contributed by atoms with Crippen LogP contribution < -0.4 is 5.14 Å². The zero-order valence-corrected chi connectivity index (χ0v) is 11.4. The number of Topliss-reactive ketones (excluding diaryl/α,β-unsaturated/α-hetero) is 1. The van der Waals surface area contributed by atoms with E-state index in [9.17, 15) is 4.79 Å². The van der Waals surface area contributed by atoms with Gasteiger partial charge in [-0.3, -0.25) is 9.93 Å².